The molecule has 0 saturated carbocycles. The molecular weight excluding hydrogens is 905 g/mol. The largest absolute Gasteiger partial charge is 0.459 e. The second kappa shape index (κ2) is 23.6. The highest BCUT2D eigenvalue weighted by atomic mass is 16.8. The van der Waals surface area contributed by atoms with Gasteiger partial charge in [-0.15, -0.1) is 0 Å². The zero-order valence-corrected chi connectivity index (χ0v) is 37.3. The average molecular weight is 953 g/mol. The lowest BCUT2D eigenvalue weighted by molar-refractivity contribution is -0.357. The van der Waals surface area contributed by atoms with Crippen molar-refractivity contribution in [2.45, 2.75) is 68.0 Å². The van der Waals surface area contributed by atoms with Gasteiger partial charge >= 0.3 is 29.8 Å². The predicted octanol–water partition coefficient (Wildman–Crippen LogP) is 6.15. The van der Waals surface area contributed by atoms with Crippen molar-refractivity contribution in [3.63, 3.8) is 0 Å². The van der Waals surface area contributed by atoms with Gasteiger partial charge in [0, 0.05) is 0 Å². The van der Waals surface area contributed by atoms with Crippen molar-refractivity contribution in [1.82, 2.24) is 0 Å². The van der Waals surface area contributed by atoms with Crippen molar-refractivity contribution in [3.8, 4) is 0 Å². The molecule has 16 heteroatoms. The van der Waals surface area contributed by atoms with Crippen molar-refractivity contribution < 1.29 is 76.8 Å². The first kappa shape index (κ1) is 48.9. The lowest BCUT2D eigenvalue weighted by atomic mass is 9.96. The van der Waals surface area contributed by atoms with Crippen LogP contribution in [0.15, 0.2) is 182 Å². The van der Waals surface area contributed by atoms with Gasteiger partial charge in [0.15, 0.2) is 37.0 Å². The molecule has 5 unspecified atom stereocenters. The van der Waals surface area contributed by atoms with E-state index in [9.17, 15) is 34.2 Å². The molecule has 2 aliphatic heterocycles. The minimum atomic E-state index is -1.91. The number of aliphatic hydroxyl groups is 2. The Labute approximate surface area is 402 Å². The second-order valence-corrected chi connectivity index (χ2v) is 16.1. The number of carbonyl (C=O) groups excluding carboxylic acids is 5. The molecule has 16 nitrogen and oxygen atoms in total. The molecule has 0 spiro atoms. The minimum Gasteiger partial charge on any atom is -0.459 e. The number of hydrogen-bond acceptors (Lipinski definition) is 16. The lowest BCUT2D eigenvalue weighted by Gasteiger charge is -2.48. The highest BCUT2D eigenvalue weighted by Gasteiger charge is 2.57. The summed E-state index contributed by atoms with van der Waals surface area (Å²) in [5.41, 5.74) is 1.19. The average Bonchev–Trinajstić information content (AvgIpc) is 3.41. The van der Waals surface area contributed by atoms with Crippen LogP contribution in [0.2, 0.25) is 0 Å². The normalized spacial score (nSPS) is 24.0. The summed E-state index contributed by atoms with van der Waals surface area (Å²) in [7, 11) is 0. The molecule has 6 aromatic carbocycles. The van der Waals surface area contributed by atoms with Crippen LogP contribution in [0.1, 0.15) is 57.4 Å². The molecule has 360 valence electrons. The zero-order valence-electron chi connectivity index (χ0n) is 37.3. The molecule has 0 aliphatic carbocycles. The van der Waals surface area contributed by atoms with Gasteiger partial charge in [0.1, 0.15) is 31.0 Å². The summed E-state index contributed by atoms with van der Waals surface area (Å²) in [6, 6.07) is 48.5. The molecule has 2 fully saturated rings. The summed E-state index contributed by atoms with van der Waals surface area (Å²) in [4.78, 5) is 69.7. The monoisotopic (exact) mass is 952 g/mol. The third-order valence-electron chi connectivity index (χ3n) is 11.3. The van der Waals surface area contributed by atoms with Crippen molar-refractivity contribution in [2.24, 2.45) is 0 Å². The fourth-order valence-electron chi connectivity index (χ4n) is 7.77. The maximum absolute atomic E-state index is 14.3. The molecule has 2 saturated heterocycles. The van der Waals surface area contributed by atoms with Gasteiger partial charge in [-0.05, 0) is 66.2 Å². The van der Waals surface area contributed by atoms with Gasteiger partial charge in [0.05, 0.1) is 41.0 Å². The van der Waals surface area contributed by atoms with E-state index in [1.165, 1.54) is 60.7 Å². The van der Waals surface area contributed by atoms with E-state index in [1.54, 1.807) is 115 Å². The fraction of sp³-hybridized carbons (Fsp3) is 0.241. The second-order valence-electron chi connectivity index (χ2n) is 16.1. The van der Waals surface area contributed by atoms with Gasteiger partial charge < -0.3 is 52.8 Å². The van der Waals surface area contributed by atoms with E-state index in [0.717, 1.165) is 0 Å². The molecule has 0 aromatic heterocycles. The van der Waals surface area contributed by atoms with E-state index in [2.05, 4.69) is 0 Å². The van der Waals surface area contributed by atoms with Gasteiger partial charge in [-0.3, -0.25) is 0 Å². The molecule has 2 heterocycles. The van der Waals surface area contributed by atoms with Gasteiger partial charge in [-0.1, -0.05) is 121 Å². The van der Waals surface area contributed by atoms with Crippen LogP contribution in [0.25, 0.3) is 0 Å². The van der Waals surface area contributed by atoms with Crippen LogP contribution >= 0.6 is 0 Å². The van der Waals surface area contributed by atoms with Crippen LogP contribution < -0.4 is 0 Å². The van der Waals surface area contributed by atoms with E-state index >= 15 is 0 Å². The van der Waals surface area contributed by atoms with Crippen LogP contribution in [-0.4, -0.2) is 115 Å². The molecular formula is C54H48O16. The quantitative estimate of drug-likeness (QED) is 0.0776. The number of aliphatic hydroxyl groups excluding tert-OH is 2. The van der Waals surface area contributed by atoms with Crippen LogP contribution in [0, 0.1) is 0 Å². The van der Waals surface area contributed by atoms with Crippen molar-refractivity contribution in [1.29, 1.82) is 0 Å². The van der Waals surface area contributed by atoms with Crippen LogP contribution in [0.5, 0.6) is 0 Å². The molecule has 2 aliphatic rings. The van der Waals surface area contributed by atoms with Gasteiger partial charge in [0.25, 0.3) is 0 Å². The highest BCUT2D eigenvalue weighted by Crippen LogP contribution is 2.36. The number of esters is 5. The summed E-state index contributed by atoms with van der Waals surface area (Å²) in [5, 5.41) is 22.3. The van der Waals surface area contributed by atoms with Gasteiger partial charge in [0.2, 0.25) is 0 Å². The Balaban J connectivity index is 1.24. The number of rotatable bonds is 17. The van der Waals surface area contributed by atoms with E-state index in [1.807, 2.05) is 6.07 Å². The summed E-state index contributed by atoms with van der Waals surface area (Å²) in [6.07, 6.45) is -17.1. The maximum Gasteiger partial charge on any atom is 0.338 e. The summed E-state index contributed by atoms with van der Waals surface area (Å²) < 4.78 is 56.1. The molecule has 0 amide bonds. The number of ether oxygens (including phenoxy) is 9. The summed E-state index contributed by atoms with van der Waals surface area (Å²) in [6.45, 7) is -1.60. The Morgan fingerprint density at radius 1 is 0.414 bits per heavy atom. The maximum atomic E-state index is 14.3. The zero-order chi connectivity index (χ0) is 48.8. The van der Waals surface area contributed by atoms with Crippen molar-refractivity contribution >= 4 is 29.8 Å². The molecule has 6 aromatic rings. The molecule has 0 bridgehead atoms. The lowest BCUT2D eigenvalue weighted by Crippen LogP contribution is -2.67. The Bertz CT molecular complexity index is 2640. The summed E-state index contributed by atoms with van der Waals surface area (Å²) >= 11 is 0. The highest BCUT2D eigenvalue weighted by molar-refractivity contribution is 5.92. The van der Waals surface area contributed by atoms with Gasteiger partial charge in [-0.2, -0.15) is 0 Å². The Kier molecular flexibility index (Phi) is 16.5. The third kappa shape index (κ3) is 12.2. The number of carbonyl (C=O) groups is 5. The smallest absolute Gasteiger partial charge is 0.338 e. The van der Waals surface area contributed by atoms with E-state index in [4.69, 9.17) is 42.6 Å². The first-order chi connectivity index (χ1) is 34.2. The predicted molar refractivity (Wildman–Crippen MR) is 246 cm³/mol. The Morgan fingerprint density at radius 3 is 1.20 bits per heavy atom. The molecule has 2 N–H and O–H groups in total. The van der Waals surface area contributed by atoms with Gasteiger partial charge in [-0.25, -0.2) is 24.0 Å². The minimum absolute atomic E-state index is 0.0563. The first-order valence-corrected chi connectivity index (χ1v) is 22.3. The van der Waals surface area contributed by atoms with E-state index < -0.39 is 104 Å². The summed E-state index contributed by atoms with van der Waals surface area (Å²) in [5.74, 6) is -4.47. The molecule has 0 radical (unpaired) electrons. The standard InChI is InChI=1S/C54H48O16/c55-31-40-42(56)44(66-49(58)36-23-11-3-12-24-36)46(68-51(60)38-27-15-5-16-28-38)54(64-40)70-43-41(33-62-48(57)35-21-9-2-10-22-35)65-53(63-32-34-19-7-1-8-20-34)47(69-52(61)39-29-17-6-18-30-39)45(43)67-50(59)37-25-13-4-14-26-37/h1-30,40-47,53-56H,31-33H2/t40?,41?,42-,43+,44?,45?,46?,47-,53+,54-/m0/s1. The topological polar surface area (TPSA) is 209 Å². The van der Waals surface area contributed by atoms with Crippen molar-refractivity contribution in [3.05, 3.63) is 215 Å². The number of benzene rings is 6. The number of hydrogen-bond donors (Lipinski definition) is 2. The fourth-order valence-corrected chi connectivity index (χ4v) is 7.77. The third-order valence-corrected chi connectivity index (χ3v) is 11.3. The molecule has 70 heavy (non-hydrogen) atoms. The molecule has 10 atom stereocenters. The SMILES string of the molecule is O=C(OCC1O[C@@H](OCc2ccccc2)[C@@H](OC(=O)c2ccccc2)C(OC(=O)c2ccccc2)[C@@H]1O[C@@H]1OC(CO)[C@H](O)C(OC(=O)c2ccccc2)C1OC(=O)c1ccccc1)c1ccccc1. The van der Waals surface area contributed by atoms with Crippen molar-refractivity contribution in [2.75, 3.05) is 13.2 Å². The van der Waals surface area contributed by atoms with E-state index in [-0.39, 0.29) is 34.4 Å². The first-order valence-electron chi connectivity index (χ1n) is 22.3. The Hall–Kier alpha value is -7.57. The van der Waals surface area contributed by atoms with Crippen LogP contribution in [0.4, 0.5) is 0 Å². The van der Waals surface area contributed by atoms with E-state index in [0.29, 0.717) is 5.56 Å². The van der Waals surface area contributed by atoms with Crippen LogP contribution in [-0.2, 0) is 49.2 Å². The van der Waals surface area contributed by atoms with Crippen LogP contribution in [0.3, 0.4) is 0 Å². The molecule has 8 rings (SSSR count). The Morgan fingerprint density at radius 2 is 0.771 bits per heavy atom.